The fourth-order valence-electron chi connectivity index (χ4n) is 3.09. The molecule has 0 unspecified atom stereocenters. The Bertz CT molecular complexity index is 1140. The molecule has 0 atom stereocenters. The molecule has 0 aliphatic rings. The van der Waals surface area contributed by atoms with Gasteiger partial charge in [-0.1, -0.05) is 36.4 Å². The second kappa shape index (κ2) is 9.66. The van der Waals surface area contributed by atoms with Gasteiger partial charge in [-0.3, -0.25) is 9.52 Å². The smallest absolute Gasteiger partial charge is 0.261 e. The number of benzene rings is 3. The minimum Gasteiger partial charge on any atom is -0.494 e. The number of carbonyl (C=O) groups excluding carboxylic acids is 1. The fourth-order valence-corrected chi connectivity index (χ4v) is 4.23. The van der Waals surface area contributed by atoms with Crippen LogP contribution in [0.3, 0.4) is 0 Å². The number of hydrogen-bond acceptors (Lipinski definition) is 4. The van der Waals surface area contributed by atoms with E-state index in [2.05, 4.69) is 4.72 Å². The number of carbonyl (C=O) groups is 1. The van der Waals surface area contributed by atoms with Crippen molar-refractivity contribution in [3.05, 3.63) is 89.5 Å². The van der Waals surface area contributed by atoms with Crippen molar-refractivity contribution in [1.82, 2.24) is 4.90 Å². The van der Waals surface area contributed by atoms with E-state index >= 15 is 0 Å². The summed E-state index contributed by atoms with van der Waals surface area (Å²) in [6, 6.07) is 20.7. The first kappa shape index (κ1) is 22.4. The average Bonchev–Trinajstić information content (AvgIpc) is 2.77. The average molecular weight is 439 g/mol. The van der Waals surface area contributed by atoms with Crippen molar-refractivity contribution in [1.29, 1.82) is 0 Å². The van der Waals surface area contributed by atoms with Gasteiger partial charge in [-0.2, -0.15) is 0 Å². The van der Waals surface area contributed by atoms with Gasteiger partial charge in [-0.05, 0) is 61.4 Å². The minimum atomic E-state index is -3.74. The van der Waals surface area contributed by atoms with Crippen LogP contribution in [-0.2, 0) is 16.6 Å². The first-order valence-electron chi connectivity index (χ1n) is 9.96. The van der Waals surface area contributed by atoms with E-state index < -0.39 is 10.0 Å². The zero-order valence-corrected chi connectivity index (χ0v) is 18.6. The summed E-state index contributed by atoms with van der Waals surface area (Å²) in [5, 5.41) is 0. The van der Waals surface area contributed by atoms with Gasteiger partial charge in [0, 0.05) is 19.2 Å². The molecule has 0 aromatic heterocycles. The van der Waals surface area contributed by atoms with E-state index in [0.717, 1.165) is 16.9 Å². The van der Waals surface area contributed by atoms with Crippen LogP contribution in [0.1, 0.15) is 28.4 Å². The standard InChI is InChI=1S/C24H26N2O4S/c1-4-30-21-14-11-19(12-15-21)17-26(3)24(27)20-13-10-18(2)23(16-20)25-31(28,29)22-8-6-5-7-9-22/h5-16,25H,4,17H2,1-3H3. The maximum Gasteiger partial charge on any atom is 0.261 e. The van der Waals surface area contributed by atoms with Crippen molar-refractivity contribution in [3.63, 3.8) is 0 Å². The molecule has 3 rings (SSSR count). The molecule has 7 heteroatoms. The maximum absolute atomic E-state index is 12.9. The molecule has 162 valence electrons. The van der Waals surface area contributed by atoms with Crippen LogP contribution in [0.15, 0.2) is 77.7 Å². The number of aryl methyl sites for hydroxylation is 1. The summed E-state index contributed by atoms with van der Waals surface area (Å²) in [4.78, 5) is 14.7. The number of nitrogens with one attached hydrogen (secondary N) is 1. The number of hydrogen-bond donors (Lipinski definition) is 1. The normalized spacial score (nSPS) is 11.1. The Morgan fingerprint density at radius 3 is 2.32 bits per heavy atom. The monoisotopic (exact) mass is 438 g/mol. The Hall–Kier alpha value is -3.32. The molecule has 3 aromatic rings. The Labute approximate surface area is 183 Å². The van der Waals surface area contributed by atoms with E-state index in [1.54, 1.807) is 55.3 Å². The molecule has 0 aliphatic carbocycles. The molecule has 1 N–H and O–H groups in total. The van der Waals surface area contributed by atoms with Crippen LogP contribution in [0, 0.1) is 6.92 Å². The molecule has 0 spiro atoms. The van der Waals surface area contributed by atoms with Gasteiger partial charge in [0.2, 0.25) is 0 Å². The molecule has 3 aromatic carbocycles. The van der Waals surface area contributed by atoms with Crippen molar-refractivity contribution in [2.24, 2.45) is 0 Å². The van der Waals surface area contributed by atoms with E-state index in [0.29, 0.717) is 24.4 Å². The number of ether oxygens (including phenoxy) is 1. The highest BCUT2D eigenvalue weighted by molar-refractivity contribution is 7.92. The summed E-state index contributed by atoms with van der Waals surface area (Å²) in [7, 11) is -2.03. The van der Waals surface area contributed by atoms with Crippen molar-refractivity contribution < 1.29 is 17.9 Å². The maximum atomic E-state index is 12.9. The molecular weight excluding hydrogens is 412 g/mol. The van der Waals surface area contributed by atoms with E-state index in [9.17, 15) is 13.2 Å². The lowest BCUT2D eigenvalue weighted by molar-refractivity contribution is 0.0785. The molecule has 0 radical (unpaired) electrons. The fraction of sp³-hybridized carbons (Fsp3) is 0.208. The number of amides is 1. The lowest BCUT2D eigenvalue weighted by Crippen LogP contribution is -2.26. The quantitative estimate of drug-likeness (QED) is 0.563. The van der Waals surface area contributed by atoms with Gasteiger partial charge in [0.15, 0.2) is 0 Å². The summed E-state index contributed by atoms with van der Waals surface area (Å²) in [6.45, 7) is 4.74. The lowest BCUT2D eigenvalue weighted by atomic mass is 10.1. The second-order valence-electron chi connectivity index (χ2n) is 7.19. The predicted molar refractivity (Wildman–Crippen MR) is 122 cm³/mol. The van der Waals surface area contributed by atoms with Crippen molar-refractivity contribution in [2.45, 2.75) is 25.3 Å². The Kier molecular flexibility index (Phi) is 6.97. The summed E-state index contributed by atoms with van der Waals surface area (Å²) < 4.78 is 33.4. The summed E-state index contributed by atoms with van der Waals surface area (Å²) >= 11 is 0. The van der Waals surface area contributed by atoms with E-state index in [1.807, 2.05) is 31.2 Å². The molecule has 0 saturated carbocycles. The van der Waals surface area contributed by atoms with Crippen LogP contribution in [0.4, 0.5) is 5.69 Å². The van der Waals surface area contributed by atoms with Crippen LogP contribution in [0.25, 0.3) is 0 Å². The summed E-state index contributed by atoms with van der Waals surface area (Å²) in [5.41, 5.74) is 2.48. The highest BCUT2D eigenvalue weighted by atomic mass is 32.2. The minimum absolute atomic E-state index is 0.166. The molecular formula is C24H26N2O4S. The highest BCUT2D eigenvalue weighted by Gasteiger charge is 2.18. The molecule has 0 saturated heterocycles. The molecule has 6 nitrogen and oxygen atoms in total. The Balaban J connectivity index is 1.76. The number of nitrogens with zero attached hydrogens (tertiary/aromatic N) is 1. The second-order valence-corrected chi connectivity index (χ2v) is 8.87. The molecule has 0 heterocycles. The van der Waals surface area contributed by atoms with Crippen LogP contribution >= 0.6 is 0 Å². The first-order valence-corrected chi connectivity index (χ1v) is 11.4. The molecule has 0 aliphatic heterocycles. The Morgan fingerprint density at radius 2 is 1.68 bits per heavy atom. The lowest BCUT2D eigenvalue weighted by Gasteiger charge is -2.19. The molecule has 31 heavy (non-hydrogen) atoms. The molecule has 0 bridgehead atoms. The number of anilines is 1. The summed E-state index contributed by atoms with van der Waals surface area (Å²) in [5.74, 6) is 0.586. The van der Waals surface area contributed by atoms with Crippen LogP contribution in [0.5, 0.6) is 5.75 Å². The van der Waals surface area contributed by atoms with Crippen LogP contribution < -0.4 is 9.46 Å². The number of rotatable bonds is 8. The van der Waals surface area contributed by atoms with Gasteiger partial charge in [0.1, 0.15) is 5.75 Å². The topological polar surface area (TPSA) is 75.7 Å². The van der Waals surface area contributed by atoms with Gasteiger partial charge in [-0.25, -0.2) is 8.42 Å². The van der Waals surface area contributed by atoms with Gasteiger partial charge in [0.25, 0.3) is 15.9 Å². The van der Waals surface area contributed by atoms with E-state index in [4.69, 9.17) is 4.74 Å². The Morgan fingerprint density at radius 1 is 1.00 bits per heavy atom. The predicted octanol–water partition coefficient (Wildman–Crippen LogP) is 4.47. The zero-order valence-electron chi connectivity index (χ0n) is 17.8. The summed E-state index contributed by atoms with van der Waals surface area (Å²) in [6.07, 6.45) is 0. The first-order chi connectivity index (χ1) is 14.8. The SMILES string of the molecule is CCOc1ccc(CN(C)C(=O)c2ccc(C)c(NS(=O)(=O)c3ccccc3)c2)cc1. The van der Waals surface area contributed by atoms with Crippen molar-refractivity contribution in [2.75, 3.05) is 18.4 Å². The van der Waals surface area contributed by atoms with Gasteiger partial charge in [-0.15, -0.1) is 0 Å². The number of sulfonamides is 1. The molecule has 1 amide bonds. The van der Waals surface area contributed by atoms with E-state index in [-0.39, 0.29) is 10.8 Å². The molecule has 0 fully saturated rings. The zero-order chi connectivity index (χ0) is 22.4. The van der Waals surface area contributed by atoms with Crippen molar-refractivity contribution in [3.8, 4) is 5.75 Å². The van der Waals surface area contributed by atoms with Gasteiger partial charge < -0.3 is 9.64 Å². The van der Waals surface area contributed by atoms with Crippen LogP contribution in [0.2, 0.25) is 0 Å². The van der Waals surface area contributed by atoms with Gasteiger partial charge >= 0.3 is 0 Å². The van der Waals surface area contributed by atoms with Crippen molar-refractivity contribution >= 4 is 21.6 Å². The van der Waals surface area contributed by atoms with E-state index in [1.165, 1.54) is 12.1 Å². The van der Waals surface area contributed by atoms with Gasteiger partial charge in [0.05, 0.1) is 17.2 Å². The van der Waals surface area contributed by atoms with Crippen LogP contribution in [-0.4, -0.2) is 32.9 Å². The largest absolute Gasteiger partial charge is 0.494 e. The highest BCUT2D eigenvalue weighted by Crippen LogP contribution is 2.22. The third-order valence-electron chi connectivity index (χ3n) is 4.78. The third kappa shape index (κ3) is 5.64. The third-order valence-corrected chi connectivity index (χ3v) is 6.16.